The third-order valence-electron chi connectivity index (χ3n) is 1.51. The van der Waals surface area contributed by atoms with Crippen LogP contribution in [-0.4, -0.2) is 12.6 Å². The van der Waals surface area contributed by atoms with Crippen molar-refractivity contribution in [3.63, 3.8) is 0 Å². The van der Waals surface area contributed by atoms with Crippen LogP contribution < -0.4 is 0 Å². The number of esters is 1. The number of ether oxygens (including phenoxy) is 1. The Morgan fingerprint density at radius 2 is 2.15 bits per heavy atom. The highest BCUT2D eigenvalue weighted by Crippen LogP contribution is 2.06. The lowest BCUT2D eigenvalue weighted by atomic mass is 10.1. The van der Waals surface area contributed by atoms with Crippen molar-refractivity contribution < 1.29 is 9.53 Å². The van der Waals surface area contributed by atoms with Gasteiger partial charge in [0.1, 0.15) is 0 Å². The fourth-order valence-electron chi connectivity index (χ4n) is 0.897. The van der Waals surface area contributed by atoms with E-state index in [9.17, 15) is 4.79 Å². The maximum Gasteiger partial charge on any atom is 0.302 e. The van der Waals surface area contributed by atoms with E-state index in [-0.39, 0.29) is 5.97 Å². The van der Waals surface area contributed by atoms with Gasteiger partial charge in [0.05, 0.1) is 6.61 Å². The van der Waals surface area contributed by atoms with Crippen molar-refractivity contribution in [2.45, 2.75) is 19.8 Å². The highest BCUT2D eigenvalue weighted by Gasteiger charge is 1.94. The molecule has 0 atom stereocenters. The van der Waals surface area contributed by atoms with Crippen molar-refractivity contribution in [1.82, 2.24) is 0 Å². The summed E-state index contributed by atoms with van der Waals surface area (Å²) in [5, 5.41) is 0. The number of carbonyl (C=O) groups is 1. The maximum atomic E-state index is 10.4. The molecule has 0 saturated carbocycles. The van der Waals surface area contributed by atoms with E-state index in [0.29, 0.717) is 6.61 Å². The van der Waals surface area contributed by atoms with Gasteiger partial charge in [-0.2, -0.15) is 0 Å². The molecule has 13 heavy (non-hydrogen) atoms. The summed E-state index contributed by atoms with van der Waals surface area (Å²) in [6.07, 6.45) is 7.10. The van der Waals surface area contributed by atoms with Crippen LogP contribution in [-0.2, 0) is 9.53 Å². The first-order valence-electron chi connectivity index (χ1n) is 4.28. The molecule has 0 fully saturated rings. The molecule has 0 aliphatic heterocycles. The van der Waals surface area contributed by atoms with Gasteiger partial charge >= 0.3 is 5.97 Å². The molecule has 0 radical (unpaired) electrons. The van der Waals surface area contributed by atoms with Gasteiger partial charge < -0.3 is 4.74 Å². The van der Waals surface area contributed by atoms with E-state index in [0.717, 1.165) is 18.4 Å². The Bertz CT molecular complexity index is 214. The smallest absolute Gasteiger partial charge is 0.302 e. The van der Waals surface area contributed by atoms with Gasteiger partial charge in [-0.05, 0) is 18.4 Å². The molecule has 0 N–H and O–H groups in total. The summed E-state index contributed by atoms with van der Waals surface area (Å²) in [5.74, 6) is -0.229. The topological polar surface area (TPSA) is 26.3 Å². The van der Waals surface area contributed by atoms with E-state index in [1.165, 1.54) is 6.92 Å². The molecular weight excluding hydrogens is 164 g/mol. The van der Waals surface area contributed by atoms with Gasteiger partial charge in [-0.15, -0.1) is 0 Å². The van der Waals surface area contributed by atoms with Crippen LogP contribution in [0.25, 0.3) is 0 Å². The quantitative estimate of drug-likeness (QED) is 0.357. The molecule has 0 spiro atoms. The van der Waals surface area contributed by atoms with Crippen molar-refractivity contribution in [3.8, 4) is 0 Å². The van der Waals surface area contributed by atoms with Crippen molar-refractivity contribution in [2.24, 2.45) is 0 Å². The van der Waals surface area contributed by atoms with E-state index in [4.69, 9.17) is 4.74 Å². The lowest BCUT2D eigenvalue weighted by molar-refractivity contribution is -0.141. The van der Waals surface area contributed by atoms with Crippen LogP contribution in [0.1, 0.15) is 19.8 Å². The summed E-state index contributed by atoms with van der Waals surface area (Å²) in [7, 11) is 0. The van der Waals surface area contributed by atoms with E-state index in [2.05, 4.69) is 13.2 Å². The Hall–Kier alpha value is -1.31. The van der Waals surface area contributed by atoms with E-state index < -0.39 is 0 Å². The van der Waals surface area contributed by atoms with Crippen molar-refractivity contribution in [1.29, 1.82) is 0 Å². The number of hydrogen-bond acceptors (Lipinski definition) is 2. The monoisotopic (exact) mass is 180 g/mol. The summed E-state index contributed by atoms with van der Waals surface area (Å²) in [5.41, 5.74) is 1.11. The predicted octanol–water partition coefficient (Wildman–Crippen LogP) is 2.63. The second-order valence-corrected chi connectivity index (χ2v) is 2.63. The molecule has 0 aromatic heterocycles. The molecule has 0 aromatic carbocycles. The van der Waals surface area contributed by atoms with Crippen molar-refractivity contribution in [2.75, 3.05) is 6.61 Å². The Balaban J connectivity index is 3.61. The lowest BCUT2D eigenvalue weighted by Gasteiger charge is -2.01. The van der Waals surface area contributed by atoms with Crippen LogP contribution >= 0.6 is 0 Å². The fraction of sp³-hybridized carbons (Fsp3) is 0.364. The van der Waals surface area contributed by atoms with Gasteiger partial charge in [-0.1, -0.05) is 31.4 Å². The van der Waals surface area contributed by atoms with E-state index in [1.54, 1.807) is 12.2 Å². The third kappa shape index (κ3) is 7.06. The Kier molecular flexibility index (Phi) is 6.60. The molecule has 2 heteroatoms. The molecule has 0 aliphatic rings. The zero-order valence-electron chi connectivity index (χ0n) is 8.08. The molecule has 0 unspecified atom stereocenters. The largest absolute Gasteiger partial charge is 0.466 e. The molecule has 0 amide bonds. The van der Waals surface area contributed by atoms with Crippen LogP contribution in [0.3, 0.4) is 0 Å². The number of carbonyl (C=O) groups excluding carboxylic acids is 1. The molecule has 0 heterocycles. The van der Waals surface area contributed by atoms with Crippen LogP contribution in [0.2, 0.25) is 0 Å². The van der Waals surface area contributed by atoms with Crippen LogP contribution in [0.4, 0.5) is 0 Å². The molecule has 72 valence electrons. The molecule has 0 aromatic rings. The average Bonchev–Trinajstić information content (AvgIpc) is 2.10. The van der Waals surface area contributed by atoms with Crippen molar-refractivity contribution in [3.05, 3.63) is 37.0 Å². The molecule has 0 aliphatic carbocycles. The second-order valence-electron chi connectivity index (χ2n) is 2.63. The van der Waals surface area contributed by atoms with Crippen LogP contribution in [0.15, 0.2) is 37.0 Å². The molecular formula is C11H16O2. The number of rotatable bonds is 6. The minimum atomic E-state index is -0.229. The minimum absolute atomic E-state index is 0.229. The Labute approximate surface area is 79.6 Å². The van der Waals surface area contributed by atoms with Crippen LogP contribution in [0.5, 0.6) is 0 Å². The minimum Gasteiger partial charge on any atom is -0.466 e. The normalized spacial score (nSPS) is 10.7. The van der Waals surface area contributed by atoms with Gasteiger partial charge in [0, 0.05) is 6.92 Å². The van der Waals surface area contributed by atoms with Gasteiger partial charge in [0.2, 0.25) is 0 Å². The molecule has 0 bridgehead atoms. The number of hydrogen-bond donors (Lipinski definition) is 0. The summed E-state index contributed by atoms with van der Waals surface area (Å²) in [6.45, 7) is 9.15. The highest BCUT2D eigenvalue weighted by molar-refractivity contribution is 5.65. The number of allylic oxidation sites excluding steroid dienone is 4. The van der Waals surface area contributed by atoms with Gasteiger partial charge in [0.25, 0.3) is 0 Å². The fourth-order valence-corrected chi connectivity index (χ4v) is 0.897. The van der Waals surface area contributed by atoms with E-state index in [1.807, 2.05) is 6.08 Å². The molecule has 0 saturated heterocycles. The first kappa shape index (κ1) is 11.7. The summed E-state index contributed by atoms with van der Waals surface area (Å²) >= 11 is 0. The van der Waals surface area contributed by atoms with Crippen LogP contribution in [0, 0.1) is 0 Å². The summed E-state index contributed by atoms with van der Waals surface area (Å²) in [4.78, 5) is 10.4. The highest BCUT2D eigenvalue weighted by atomic mass is 16.5. The standard InChI is InChI=1S/C11H16O2/c1-4-7-11(5-2)8-6-9-13-10(3)12/h4-5,7H,1-2,6,8-9H2,3H3/b11-7+. The lowest BCUT2D eigenvalue weighted by Crippen LogP contribution is -2.00. The zero-order valence-corrected chi connectivity index (χ0v) is 8.08. The molecule has 2 nitrogen and oxygen atoms in total. The van der Waals surface area contributed by atoms with Gasteiger partial charge in [-0.3, -0.25) is 4.79 Å². The van der Waals surface area contributed by atoms with E-state index >= 15 is 0 Å². The molecule has 0 rings (SSSR count). The first-order chi connectivity index (χ1) is 6.20. The van der Waals surface area contributed by atoms with Crippen molar-refractivity contribution >= 4 is 5.97 Å². The Morgan fingerprint density at radius 3 is 2.62 bits per heavy atom. The maximum absolute atomic E-state index is 10.4. The second kappa shape index (κ2) is 7.35. The summed E-state index contributed by atoms with van der Waals surface area (Å²) in [6, 6.07) is 0. The SMILES string of the molecule is C=C/C=C(\C=C)CCCOC(C)=O. The summed E-state index contributed by atoms with van der Waals surface area (Å²) < 4.78 is 4.79. The van der Waals surface area contributed by atoms with Gasteiger partial charge in [-0.25, -0.2) is 0 Å². The average molecular weight is 180 g/mol. The zero-order chi connectivity index (χ0) is 10.1. The van der Waals surface area contributed by atoms with Gasteiger partial charge in [0.15, 0.2) is 0 Å². The third-order valence-corrected chi connectivity index (χ3v) is 1.51. The predicted molar refractivity (Wildman–Crippen MR) is 54.3 cm³/mol. The first-order valence-corrected chi connectivity index (χ1v) is 4.28. The Morgan fingerprint density at radius 1 is 1.46 bits per heavy atom.